The van der Waals surface area contributed by atoms with Gasteiger partial charge in [-0.25, -0.2) is 28.1 Å². The molecule has 12 nitrogen and oxygen atoms in total. The van der Waals surface area contributed by atoms with Gasteiger partial charge in [0, 0.05) is 17.3 Å². The van der Waals surface area contributed by atoms with Gasteiger partial charge in [-0.05, 0) is 41.5 Å². The van der Waals surface area contributed by atoms with Crippen molar-refractivity contribution < 1.29 is 28.6 Å². The molecule has 0 aromatic carbocycles. The number of hydrogen-bond donors (Lipinski definition) is 0. The van der Waals surface area contributed by atoms with Crippen LogP contribution in [0, 0.1) is 0 Å². The zero-order chi connectivity index (χ0) is 32.1. The number of carbonyl (C=O) groups is 3. The van der Waals surface area contributed by atoms with Crippen LogP contribution < -0.4 is 17.1 Å². The highest BCUT2D eigenvalue weighted by molar-refractivity contribution is 8.01. The van der Waals surface area contributed by atoms with E-state index in [1.807, 2.05) is 0 Å². The van der Waals surface area contributed by atoms with Crippen LogP contribution in [-0.4, -0.2) is 64.6 Å². The van der Waals surface area contributed by atoms with Crippen molar-refractivity contribution in [2.24, 2.45) is 0 Å². The van der Waals surface area contributed by atoms with E-state index in [4.69, 9.17) is 14.2 Å². The van der Waals surface area contributed by atoms with Crippen molar-refractivity contribution in [3.8, 4) is 0 Å². The number of rotatable bonds is 18. The first-order valence-electron chi connectivity index (χ1n) is 13.0. The molecule has 0 aliphatic rings. The summed E-state index contributed by atoms with van der Waals surface area (Å²) >= 11 is 3.69. The summed E-state index contributed by atoms with van der Waals surface area (Å²) in [6.07, 6.45) is 0.397. The first-order valence-corrected chi connectivity index (χ1v) is 16.2. The standard InChI is InChI=1S/C27H39N3O9S3/c1-10-13-40-16(4)22(31)37-19(7)28-25(34)29(20(8)38-23(32)17(5)41-14-11-2)27(36)30(26(28)35)21(9)39-24(33)18(6)42-15-12-3/h10-12,16-21H,1-3,13-15H2,4-9H3. The van der Waals surface area contributed by atoms with Gasteiger partial charge in [-0.15, -0.1) is 55.0 Å². The summed E-state index contributed by atoms with van der Waals surface area (Å²) < 4.78 is 17.8. The molecule has 1 aromatic rings. The quantitative estimate of drug-likeness (QED) is 0.131. The molecule has 15 heteroatoms. The number of hydrogen-bond acceptors (Lipinski definition) is 12. The molecular weight excluding hydrogens is 607 g/mol. The van der Waals surface area contributed by atoms with Crippen molar-refractivity contribution in [3.63, 3.8) is 0 Å². The average Bonchev–Trinajstić information content (AvgIpc) is 2.92. The molecule has 0 aliphatic carbocycles. The molecule has 0 fully saturated rings. The molecule has 1 rings (SSSR count). The maximum Gasteiger partial charge on any atom is 0.342 e. The SMILES string of the molecule is C=CCSC(C)C(=O)OC(C)n1c(=O)n(C(C)OC(=O)C(C)SCC=C)c(=O)n(C(C)OC(=O)C(C)SCC=C)c1=O. The molecule has 0 aliphatic heterocycles. The molecular formula is C27H39N3O9S3. The molecule has 1 aromatic heterocycles. The number of carbonyl (C=O) groups excluding carboxylic acids is 3. The minimum atomic E-state index is -1.47. The summed E-state index contributed by atoms with van der Waals surface area (Å²) in [6.45, 7) is 19.4. The molecule has 0 radical (unpaired) electrons. The van der Waals surface area contributed by atoms with Gasteiger partial charge >= 0.3 is 35.0 Å². The number of thioether (sulfide) groups is 3. The monoisotopic (exact) mass is 645 g/mol. The predicted octanol–water partition coefficient (Wildman–Crippen LogP) is 3.28. The molecule has 0 saturated carbocycles. The summed E-state index contributed by atoms with van der Waals surface area (Å²) in [5.41, 5.74) is -3.56. The van der Waals surface area contributed by atoms with Gasteiger partial charge in [-0.2, -0.15) is 0 Å². The Balaban J connectivity index is 3.64. The smallest absolute Gasteiger partial charge is 0.342 e. The zero-order valence-electron chi connectivity index (χ0n) is 24.7. The van der Waals surface area contributed by atoms with Crippen LogP contribution in [0.5, 0.6) is 0 Å². The molecule has 42 heavy (non-hydrogen) atoms. The molecule has 0 spiro atoms. The van der Waals surface area contributed by atoms with Crippen LogP contribution >= 0.6 is 35.3 Å². The molecule has 6 unspecified atom stereocenters. The lowest BCUT2D eigenvalue weighted by molar-refractivity contribution is -0.153. The van der Waals surface area contributed by atoms with Crippen LogP contribution in [-0.2, 0) is 28.6 Å². The van der Waals surface area contributed by atoms with Crippen LogP contribution in [0.1, 0.15) is 60.2 Å². The van der Waals surface area contributed by atoms with Crippen molar-refractivity contribution in [2.45, 2.75) is 76.0 Å². The Morgan fingerprint density at radius 1 is 0.571 bits per heavy atom. The van der Waals surface area contributed by atoms with E-state index in [2.05, 4.69) is 19.7 Å². The maximum absolute atomic E-state index is 13.5. The number of aromatic nitrogens is 3. The first kappa shape index (κ1) is 37.1. The van der Waals surface area contributed by atoms with Gasteiger partial charge in [0.25, 0.3) is 0 Å². The van der Waals surface area contributed by atoms with Gasteiger partial charge < -0.3 is 14.2 Å². The highest BCUT2D eigenvalue weighted by atomic mass is 32.2. The molecule has 234 valence electrons. The Bertz CT molecular complexity index is 1130. The lowest BCUT2D eigenvalue weighted by Crippen LogP contribution is -2.57. The Morgan fingerprint density at radius 2 is 0.786 bits per heavy atom. The van der Waals surface area contributed by atoms with Crippen LogP contribution in [0.3, 0.4) is 0 Å². The van der Waals surface area contributed by atoms with E-state index in [0.717, 1.165) is 0 Å². The van der Waals surface area contributed by atoms with Gasteiger partial charge in [-0.3, -0.25) is 14.4 Å². The molecule has 1 heterocycles. The van der Waals surface area contributed by atoms with Crippen LogP contribution in [0.2, 0.25) is 0 Å². The third kappa shape index (κ3) is 10.1. The fourth-order valence-corrected chi connectivity index (χ4v) is 5.17. The van der Waals surface area contributed by atoms with Crippen LogP contribution in [0.15, 0.2) is 52.3 Å². The summed E-state index contributed by atoms with van der Waals surface area (Å²) in [5.74, 6) is -0.775. The summed E-state index contributed by atoms with van der Waals surface area (Å²) in [5, 5.41) is -1.96. The van der Waals surface area contributed by atoms with E-state index in [1.54, 1.807) is 39.0 Å². The second-order valence-corrected chi connectivity index (χ2v) is 13.0. The highest BCUT2D eigenvalue weighted by Crippen LogP contribution is 2.18. The molecule has 0 saturated heterocycles. The van der Waals surface area contributed by atoms with Crippen molar-refractivity contribution in [3.05, 3.63) is 69.4 Å². The van der Waals surface area contributed by atoms with E-state index in [-0.39, 0.29) is 0 Å². The molecule has 0 amide bonds. The van der Waals surface area contributed by atoms with E-state index in [1.165, 1.54) is 56.1 Å². The maximum atomic E-state index is 13.5. The largest absolute Gasteiger partial charge is 0.440 e. The van der Waals surface area contributed by atoms with E-state index in [0.29, 0.717) is 31.0 Å². The first-order chi connectivity index (χ1) is 19.7. The van der Waals surface area contributed by atoms with Crippen molar-refractivity contribution in [1.29, 1.82) is 0 Å². The third-order valence-corrected chi connectivity index (χ3v) is 8.94. The Labute approximate surface area is 257 Å². The van der Waals surface area contributed by atoms with Gasteiger partial charge in [0.05, 0.1) is 15.7 Å². The fourth-order valence-electron chi connectivity index (χ4n) is 3.32. The van der Waals surface area contributed by atoms with Gasteiger partial charge in [0.1, 0.15) is 0 Å². The minimum absolute atomic E-state index is 0.459. The molecule has 6 atom stereocenters. The molecule has 0 N–H and O–H groups in total. The van der Waals surface area contributed by atoms with E-state index >= 15 is 0 Å². The lowest BCUT2D eigenvalue weighted by atomic mass is 10.4. The Kier molecular flexibility index (Phi) is 15.8. The third-order valence-electron chi connectivity index (χ3n) is 5.58. The number of nitrogens with zero attached hydrogens (tertiary/aromatic N) is 3. The zero-order valence-corrected chi connectivity index (χ0v) is 27.1. The van der Waals surface area contributed by atoms with Crippen molar-refractivity contribution >= 4 is 53.2 Å². The topological polar surface area (TPSA) is 145 Å². The number of ether oxygens (including phenoxy) is 3. The lowest BCUT2D eigenvalue weighted by Gasteiger charge is -2.25. The average molecular weight is 646 g/mol. The van der Waals surface area contributed by atoms with Crippen LogP contribution in [0.25, 0.3) is 0 Å². The Hall–Kier alpha value is -2.91. The van der Waals surface area contributed by atoms with Gasteiger partial charge in [-0.1, -0.05) is 18.2 Å². The minimum Gasteiger partial charge on any atom is -0.440 e. The Morgan fingerprint density at radius 3 is 0.976 bits per heavy atom. The van der Waals surface area contributed by atoms with Crippen molar-refractivity contribution in [1.82, 2.24) is 13.7 Å². The highest BCUT2D eigenvalue weighted by Gasteiger charge is 2.30. The second-order valence-electron chi connectivity index (χ2n) is 8.86. The normalized spacial score (nSPS) is 15.3. The van der Waals surface area contributed by atoms with Crippen molar-refractivity contribution in [2.75, 3.05) is 17.3 Å². The van der Waals surface area contributed by atoms with Gasteiger partial charge in [0.15, 0.2) is 18.7 Å². The van der Waals surface area contributed by atoms with Gasteiger partial charge in [0.2, 0.25) is 0 Å². The van der Waals surface area contributed by atoms with E-state index in [9.17, 15) is 28.8 Å². The molecule has 0 bridgehead atoms. The summed E-state index contributed by atoms with van der Waals surface area (Å²) in [7, 11) is 0. The fraction of sp³-hybridized carbons (Fsp3) is 0.556. The number of esters is 3. The van der Waals surface area contributed by atoms with Crippen LogP contribution in [0.4, 0.5) is 0 Å². The second kappa shape index (κ2) is 17.9. The summed E-state index contributed by atoms with van der Waals surface area (Å²) in [4.78, 5) is 78.5. The predicted molar refractivity (Wildman–Crippen MR) is 168 cm³/mol. The van der Waals surface area contributed by atoms with E-state index < -0.39 is 69.4 Å². The summed E-state index contributed by atoms with van der Waals surface area (Å²) in [6, 6.07) is 0.